The van der Waals surface area contributed by atoms with Gasteiger partial charge in [-0.05, 0) is 36.1 Å². The molecule has 0 radical (unpaired) electrons. The summed E-state index contributed by atoms with van der Waals surface area (Å²) >= 11 is 6.10. The van der Waals surface area contributed by atoms with Crippen LogP contribution in [0.2, 0.25) is 5.02 Å². The van der Waals surface area contributed by atoms with E-state index in [-0.39, 0.29) is 0 Å². The van der Waals surface area contributed by atoms with E-state index in [0.29, 0.717) is 0 Å². The normalized spacial score (nSPS) is 10.2. The minimum absolute atomic E-state index is 0.778. The van der Waals surface area contributed by atoms with Crippen molar-refractivity contribution in [2.24, 2.45) is 0 Å². The van der Waals surface area contributed by atoms with E-state index in [1.807, 2.05) is 6.07 Å². The molecule has 0 atom stereocenters. The smallest absolute Gasteiger partial charge is 0.150 e. The van der Waals surface area contributed by atoms with Crippen LogP contribution >= 0.6 is 11.6 Å². The average Bonchev–Trinajstić information content (AvgIpc) is 2.21. The third-order valence-corrected chi connectivity index (χ3v) is 2.74. The predicted molar refractivity (Wildman–Crippen MR) is 60.2 cm³/mol. The number of hydrogen-bond donors (Lipinski definition) is 0. The van der Waals surface area contributed by atoms with Crippen LogP contribution in [0.15, 0.2) is 12.1 Å². The Hall–Kier alpha value is -0.820. The van der Waals surface area contributed by atoms with E-state index in [1.54, 1.807) is 6.07 Å². The molecule has 1 nitrogen and oxygen atoms in total. The molecule has 0 aliphatic carbocycles. The van der Waals surface area contributed by atoms with Crippen molar-refractivity contribution in [2.75, 3.05) is 0 Å². The van der Waals surface area contributed by atoms with Crippen LogP contribution in [0.5, 0.6) is 0 Å². The topological polar surface area (TPSA) is 17.1 Å². The molecule has 0 saturated heterocycles. The van der Waals surface area contributed by atoms with Crippen LogP contribution < -0.4 is 0 Å². The van der Waals surface area contributed by atoms with Gasteiger partial charge in [-0.2, -0.15) is 0 Å². The zero-order chi connectivity index (χ0) is 10.6. The Kier molecular flexibility index (Phi) is 4.15. The summed E-state index contributed by atoms with van der Waals surface area (Å²) in [7, 11) is 0. The van der Waals surface area contributed by atoms with Gasteiger partial charge in [-0.1, -0.05) is 31.9 Å². The van der Waals surface area contributed by atoms with Crippen molar-refractivity contribution in [2.45, 2.75) is 33.1 Å². The zero-order valence-electron chi connectivity index (χ0n) is 8.64. The van der Waals surface area contributed by atoms with Crippen LogP contribution in [0.3, 0.4) is 0 Å². The largest absolute Gasteiger partial charge is 0.298 e. The summed E-state index contributed by atoms with van der Waals surface area (Å²) in [6, 6.07) is 3.61. The minimum Gasteiger partial charge on any atom is -0.298 e. The zero-order valence-corrected chi connectivity index (χ0v) is 9.40. The fourth-order valence-corrected chi connectivity index (χ4v) is 2.00. The molecule has 1 aromatic carbocycles. The van der Waals surface area contributed by atoms with E-state index in [2.05, 4.69) is 13.8 Å². The van der Waals surface area contributed by atoms with Gasteiger partial charge < -0.3 is 0 Å². The Labute approximate surface area is 90.1 Å². The van der Waals surface area contributed by atoms with Gasteiger partial charge in [0.2, 0.25) is 0 Å². The van der Waals surface area contributed by atoms with Gasteiger partial charge in [0.1, 0.15) is 6.29 Å². The van der Waals surface area contributed by atoms with Crippen molar-refractivity contribution in [3.63, 3.8) is 0 Å². The second kappa shape index (κ2) is 5.16. The fourth-order valence-electron chi connectivity index (χ4n) is 1.73. The first-order valence-electron chi connectivity index (χ1n) is 5.00. The van der Waals surface area contributed by atoms with Crippen LogP contribution in [-0.2, 0) is 12.8 Å². The molecule has 0 heterocycles. The van der Waals surface area contributed by atoms with Gasteiger partial charge in [-0.15, -0.1) is 0 Å². The molecule has 14 heavy (non-hydrogen) atoms. The summed E-state index contributed by atoms with van der Waals surface area (Å²) in [6.07, 6.45) is 3.77. The maximum absolute atomic E-state index is 10.8. The summed E-state index contributed by atoms with van der Waals surface area (Å²) < 4.78 is 0. The molecule has 0 aliphatic rings. The van der Waals surface area contributed by atoms with Crippen molar-refractivity contribution in [3.05, 3.63) is 33.8 Å². The van der Waals surface area contributed by atoms with Gasteiger partial charge in [-0.3, -0.25) is 4.79 Å². The minimum atomic E-state index is 0.778. The van der Waals surface area contributed by atoms with E-state index in [4.69, 9.17) is 11.6 Å². The van der Waals surface area contributed by atoms with Gasteiger partial charge in [0.25, 0.3) is 0 Å². The number of aldehydes is 1. The SMILES string of the molecule is CCCc1c(Cl)ccc(C=O)c1CC. The molecule has 0 amide bonds. The van der Waals surface area contributed by atoms with Gasteiger partial charge in [0.05, 0.1) is 0 Å². The summed E-state index contributed by atoms with van der Waals surface area (Å²) in [5, 5.41) is 0.786. The molecule has 76 valence electrons. The van der Waals surface area contributed by atoms with Crippen LogP contribution in [0.25, 0.3) is 0 Å². The highest BCUT2D eigenvalue weighted by molar-refractivity contribution is 6.31. The molecule has 1 aromatic rings. The van der Waals surface area contributed by atoms with Gasteiger partial charge in [0.15, 0.2) is 0 Å². The van der Waals surface area contributed by atoms with E-state index in [1.165, 1.54) is 0 Å². The lowest BCUT2D eigenvalue weighted by Crippen LogP contribution is -1.99. The first kappa shape index (κ1) is 11.3. The van der Waals surface area contributed by atoms with Gasteiger partial charge in [0, 0.05) is 10.6 Å². The monoisotopic (exact) mass is 210 g/mol. The maximum atomic E-state index is 10.8. The van der Waals surface area contributed by atoms with E-state index in [0.717, 1.165) is 47.3 Å². The van der Waals surface area contributed by atoms with Crippen molar-refractivity contribution in [3.8, 4) is 0 Å². The number of carbonyl (C=O) groups excluding carboxylic acids is 1. The first-order valence-corrected chi connectivity index (χ1v) is 5.37. The average molecular weight is 211 g/mol. The first-order chi connectivity index (χ1) is 6.74. The number of carbonyl (C=O) groups is 1. The fraction of sp³-hybridized carbons (Fsp3) is 0.417. The molecule has 0 aliphatic heterocycles. The summed E-state index contributed by atoms with van der Waals surface area (Å²) in [5.41, 5.74) is 3.02. The molecule has 0 unspecified atom stereocenters. The highest BCUT2D eigenvalue weighted by Gasteiger charge is 2.09. The Bertz CT molecular complexity index is 331. The third-order valence-electron chi connectivity index (χ3n) is 2.39. The van der Waals surface area contributed by atoms with Crippen molar-refractivity contribution >= 4 is 17.9 Å². The van der Waals surface area contributed by atoms with E-state index in [9.17, 15) is 4.79 Å². The predicted octanol–water partition coefficient (Wildman–Crippen LogP) is 3.67. The molecular weight excluding hydrogens is 196 g/mol. The Morgan fingerprint density at radius 2 is 2.00 bits per heavy atom. The molecule has 0 spiro atoms. The Balaban J connectivity index is 3.26. The Morgan fingerprint density at radius 1 is 1.29 bits per heavy atom. The molecule has 2 heteroatoms. The summed E-state index contributed by atoms with van der Waals surface area (Å²) in [4.78, 5) is 10.8. The lowest BCUT2D eigenvalue weighted by molar-refractivity contribution is 0.112. The van der Waals surface area contributed by atoms with Gasteiger partial charge in [-0.25, -0.2) is 0 Å². The van der Waals surface area contributed by atoms with Crippen molar-refractivity contribution < 1.29 is 4.79 Å². The van der Waals surface area contributed by atoms with Crippen LogP contribution in [0.1, 0.15) is 41.8 Å². The third kappa shape index (κ3) is 2.16. The molecule has 1 rings (SSSR count). The van der Waals surface area contributed by atoms with Crippen molar-refractivity contribution in [1.82, 2.24) is 0 Å². The summed E-state index contributed by atoms with van der Waals surface area (Å²) in [5.74, 6) is 0. The van der Waals surface area contributed by atoms with Crippen LogP contribution in [-0.4, -0.2) is 6.29 Å². The molecule has 0 N–H and O–H groups in total. The molecule has 0 aromatic heterocycles. The number of benzene rings is 1. The number of hydrogen-bond acceptors (Lipinski definition) is 1. The van der Waals surface area contributed by atoms with Crippen LogP contribution in [0.4, 0.5) is 0 Å². The molecule has 0 fully saturated rings. The second-order valence-corrected chi connectivity index (χ2v) is 3.72. The van der Waals surface area contributed by atoms with E-state index < -0.39 is 0 Å². The van der Waals surface area contributed by atoms with Crippen LogP contribution in [0, 0.1) is 0 Å². The van der Waals surface area contributed by atoms with Gasteiger partial charge >= 0.3 is 0 Å². The van der Waals surface area contributed by atoms with Crippen molar-refractivity contribution in [1.29, 1.82) is 0 Å². The second-order valence-electron chi connectivity index (χ2n) is 3.32. The molecule has 0 bridgehead atoms. The number of rotatable bonds is 4. The maximum Gasteiger partial charge on any atom is 0.150 e. The summed E-state index contributed by atoms with van der Waals surface area (Å²) in [6.45, 7) is 4.17. The Morgan fingerprint density at radius 3 is 2.50 bits per heavy atom. The quantitative estimate of drug-likeness (QED) is 0.694. The lowest BCUT2D eigenvalue weighted by Gasteiger charge is -2.11. The molecular formula is C12H15ClO. The number of halogens is 1. The lowest BCUT2D eigenvalue weighted by atomic mass is 9.96. The highest BCUT2D eigenvalue weighted by atomic mass is 35.5. The molecule has 0 saturated carbocycles. The standard InChI is InChI=1S/C12H15ClO/c1-3-5-11-10(4-2)9(8-14)6-7-12(11)13/h6-8H,3-5H2,1-2H3. The van der Waals surface area contributed by atoms with E-state index >= 15 is 0 Å². The highest BCUT2D eigenvalue weighted by Crippen LogP contribution is 2.24.